The molecule has 16 heavy (non-hydrogen) atoms. The predicted molar refractivity (Wildman–Crippen MR) is 63.5 cm³/mol. The van der Waals surface area contributed by atoms with Gasteiger partial charge in [-0.2, -0.15) is 0 Å². The van der Waals surface area contributed by atoms with E-state index in [0.29, 0.717) is 13.0 Å². The number of carbonyl (C=O) groups excluding carboxylic acids is 2. The molecule has 0 bridgehead atoms. The SMILES string of the molecule is CN(CC(N)=O)C(=O)CCC(C)(C)CCN. The Kier molecular flexibility index (Phi) is 6.03. The number of likely N-dealkylation sites (N-methyl/N-ethyl adjacent to an activating group) is 1. The van der Waals surface area contributed by atoms with Crippen molar-refractivity contribution in [2.24, 2.45) is 16.9 Å². The third kappa shape index (κ3) is 6.40. The van der Waals surface area contributed by atoms with Crippen LogP contribution < -0.4 is 11.5 Å². The summed E-state index contributed by atoms with van der Waals surface area (Å²) in [6.07, 6.45) is 2.09. The summed E-state index contributed by atoms with van der Waals surface area (Å²) in [5, 5.41) is 0. The maximum absolute atomic E-state index is 11.6. The molecule has 5 heteroatoms. The van der Waals surface area contributed by atoms with Crippen LogP contribution in [0.25, 0.3) is 0 Å². The molecule has 0 spiro atoms. The Labute approximate surface area is 97.2 Å². The van der Waals surface area contributed by atoms with Gasteiger partial charge in [-0.05, 0) is 24.8 Å². The lowest BCUT2D eigenvalue weighted by Crippen LogP contribution is -2.35. The molecular weight excluding hydrogens is 206 g/mol. The number of hydrogen-bond donors (Lipinski definition) is 2. The molecule has 0 aromatic rings. The van der Waals surface area contributed by atoms with Crippen LogP contribution >= 0.6 is 0 Å². The van der Waals surface area contributed by atoms with E-state index in [1.165, 1.54) is 4.90 Å². The number of nitrogens with two attached hydrogens (primary N) is 2. The van der Waals surface area contributed by atoms with Gasteiger partial charge in [0, 0.05) is 13.5 Å². The Morgan fingerprint density at radius 2 is 1.81 bits per heavy atom. The molecule has 0 atom stereocenters. The lowest BCUT2D eigenvalue weighted by atomic mass is 9.84. The number of primary amides is 1. The third-order valence-corrected chi connectivity index (χ3v) is 2.66. The van der Waals surface area contributed by atoms with Crippen LogP contribution in [0.5, 0.6) is 0 Å². The van der Waals surface area contributed by atoms with Gasteiger partial charge in [-0.1, -0.05) is 13.8 Å². The van der Waals surface area contributed by atoms with Gasteiger partial charge in [0.2, 0.25) is 11.8 Å². The first kappa shape index (κ1) is 14.9. The number of nitrogens with zero attached hydrogens (tertiary/aromatic N) is 1. The van der Waals surface area contributed by atoms with Gasteiger partial charge in [0.1, 0.15) is 0 Å². The van der Waals surface area contributed by atoms with Gasteiger partial charge in [-0.15, -0.1) is 0 Å². The molecule has 2 amide bonds. The van der Waals surface area contributed by atoms with Crippen molar-refractivity contribution in [2.45, 2.75) is 33.1 Å². The maximum Gasteiger partial charge on any atom is 0.237 e. The molecule has 0 heterocycles. The lowest BCUT2D eigenvalue weighted by Gasteiger charge is -2.24. The second kappa shape index (κ2) is 6.48. The van der Waals surface area contributed by atoms with Crippen molar-refractivity contribution in [1.82, 2.24) is 4.90 Å². The molecule has 0 aliphatic carbocycles. The van der Waals surface area contributed by atoms with Crippen LogP contribution in [0.3, 0.4) is 0 Å². The van der Waals surface area contributed by atoms with E-state index in [2.05, 4.69) is 13.8 Å². The molecular formula is C11H23N3O2. The number of hydrogen-bond acceptors (Lipinski definition) is 3. The van der Waals surface area contributed by atoms with Gasteiger partial charge in [0.05, 0.1) is 6.54 Å². The van der Waals surface area contributed by atoms with Crippen molar-refractivity contribution < 1.29 is 9.59 Å². The molecule has 0 rings (SSSR count). The number of amides is 2. The van der Waals surface area contributed by atoms with E-state index in [-0.39, 0.29) is 17.9 Å². The zero-order valence-corrected chi connectivity index (χ0v) is 10.5. The second-order valence-corrected chi connectivity index (χ2v) is 4.92. The highest BCUT2D eigenvalue weighted by atomic mass is 16.2. The predicted octanol–water partition coefficient (Wildman–Crippen LogP) is 0.0853. The van der Waals surface area contributed by atoms with E-state index in [9.17, 15) is 9.59 Å². The molecule has 0 aliphatic rings. The van der Waals surface area contributed by atoms with Crippen molar-refractivity contribution in [1.29, 1.82) is 0 Å². The fourth-order valence-electron chi connectivity index (χ4n) is 1.47. The Morgan fingerprint density at radius 1 is 1.25 bits per heavy atom. The summed E-state index contributed by atoms with van der Waals surface area (Å²) in [5.74, 6) is -0.541. The highest BCUT2D eigenvalue weighted by Crippen LogP contribution is 2.26. The summed E-state index contributed by atoms with van der Waals surface area (Å²) in [6, 6.07) is 0. The largest absolute Gasteiger partial charge is 0.368 e. The Balaban J connectivity index is 4.01. The smallest absolute Gasteiger partial charge is 0.237 e. The van der Waals surface area contributed by atoms with Crippen LogP contribution in [0, 0.1) is 5.41 Å². The highest BCUT2D eigenvalue weighted by molar-refractivity contribution is 5.83. The Morgan fingerprint density at radius 3 is 2.25 bits per heavy atom. The quantitative estimate of drug-likeness (QED) is 0.648. The first-order valence-corrected chi connectivity index (χ1v) is 5.51. The van der Waals surface area contributed by atoms with E-state index >= 15 is 0 Å². The summed E-state index contributed by atoms with van der Waals surface area (Å²) in [6.45, 7) is 4.77. The molecule has 5 nitrogen and oxygen atoms in total. The van der Waals surface area contributed by atoms with Crippen LogP contribution in [0.1, 0.15) is 33.1 Å². The normalized spacial score (nSPS) is 11.2. The fourth-order valence-corrected chi connectivity index (χ4v) is 1.47. The van der Waals surface area contributed by atoms with E-state index in [4.69, 9.17) is 11.5 Å². The minimum absolute atomic E-state index is 0.0177. The van der Waals surface area contributed by atoms with E-state index < -0.39 is 5.91 Å². The van der Waals surface area contributed by atoms with Crippen molar-refractivity contribution in [3.8, 4) is 0 Å². The van der Waals surface area contributed by atoms with Crippen LogP contribution in [0.4, 0.5) is 0 Å². The average molecular weight is 229 g/mol. The molecule has 0 unspecified atom stereocenters. The number of carbonyl (C=O) groups is 2. The minimum atomic E-state index is -0.489. The molecule has 0 saturated carbocycles. The van der Waals surface area contributed by atoms with E-state index in [0.717, 1.165) is 12.8 Å². The van der Waals surface area contributed by atoms with Crippen LogP contribution in [0.2, 0.25) is 0 Å². The van der Waals surface area contributed by atoms with Crippen molar-refractivity contribution in [2.75, 3.05) is 20.1 Å². The average Bonchev–Trinajstić information content (AvgIpc) is 2.13. The second-order valence-electron chi connectivity index (χ2n) is 4.92. The first-order valence-electron chi connectivity index (χ1n) is 5.51. The van der Waals surface area contributed by atoms with Crippen LogP contribution in [-0.4, -0.2) is 36.9 Å². The van der Waals surface area contributed by atoms with Gasteiger partial charge < -0.3 is 16.4 Å². The Bertz CT molecular complexity index is 252. The molecule has 0 aromatic carbocycles. The van der Waals surface area contributed by atoms with Gasteiger partial charge in [0.25, 0.3) is 0 Å². The van der Waals surface area contributed by atoms with Crippen molar-refractivity contribution >= 4 is 11.8 Å². The molecule has 0 saturated heterocycles. The molecule has 4 N–H and O–H groups in total. The van der Waals surface area contributed by atoms with E-state index in [1.54, 1.807) is 7.05 Å². The van der Waals surface area contributed by atoms with Gasteiger partial charge in [-0.25, -0.2) is 0 Å². The summed E-state index contributed by atoms with van der Waals surface area (Å²) in [5.41, 5.74) is 10.6. The molecule has 0 aromatic heterocycles. The summed E-state index contributed by atoms with van der Waals surface area (Å²) >= 11 is 0. The number of rotatable bonds is 7. The summed E-state index contributed by atoms with van der Waals surface area (Å²) in [7, 11) is 1.59. The van der Waals surface area contributed by atoms with E-state index in [1.807, 2.05) is 0 Å². The first-order chi connectivity index (χ1) is 7.28. The molecule has 0 aliphatic heterocycles. The zero-order chi connectivity index (χ0) is 12.8. The zero-order valence-electron chi connectivity index (χ0n) is 10.5. The maximum atomic E-state index is 11.6. The van der Waals surface area contributed by atoms with Crippen LogP contribution in [0.15, 0.2) is 0 Å². The summed E-state index contributed by atoms with van der Waals surface area (Å²) < 4.78 is 0. The van der Waals surface area contributed by atoms with Gasteiger partial charge >= 0.3 is 0 Å². The monoisotopic (exact) mass is 229 g/mol. The summed E-state index contributed by atoms with van der Waals surface area (Å²) in [4.78, 5) is 23.6. The topological polar surface area (TPSA) is 89.4 Å². The fraction of sp³-hybridized carbons (Fsp3) is 0.818. The minimum Gasteiger partial charge on any atom is -0.368 e. The molecule has 94 valence electrons. The van der Waals surface area contributed by atoms with Gasteiger partial charge in [-0.3, -0.25) is 9.59 Å². The van der Waals surface area contributed by atoms with Crippen molar-refractivity contribution in [3.05, 3.63) is 0 Å². The molecule has 0 radical (unpaired) electrons. The highest BCUT2D eigenvalue weighted by Gasteiger charge is 2.20. The van der Waals surface area contributed by atoms with Crippen LogP contribution in [-0.2, 0) is 9.59 Å². The molecule has 0 fully saturated rings. The third-order valence-electron chi connectivity index (χ3n) is 2.66. The van der Waals surface area contributed by atoms with Gasteiger partial charge in [0.15, 0.2) is 0 Å². The lowest BCUT2D eigenvalue weighted by molar-refractivity contribution is -0.134. The standard InChI is InChI=1S/C11H23N3O2/c1-11(2,6-7-12)5-4-10(16)14(3)8-9(13)15/h4-8,12H2,1-3H3,(H2,13,15). The van der Waals surface area contributed by atoms with Crippen molar-refractivity contribution in [3.63, 3.8) is 0 Å². The Hall–Kier alpha value is -1.10.